The van der Waals surface area contributed by atoms with Crippen LogP contribution in [0.4, 0.5) is 0 Å². The summed E-state index contributed by atoms with van der Waals surface area (Å²) in [7, 11) is 0. The molecule has 1 atom stereocenters. The van der Waals surface area contributed by atoms with Crippen LogP contribution >= 0.6 is 0 Å². The van der Waals surface area contributed by atoms with Gasteiger partial charge in [-0.3, -0.25) is 4.79 Å². The zero-order chi connectivity index (χ0) is 16.8. The number of rotatable bonds is 4. The summed E-state index contributed by atoms with van der Waals surface area (Å²) in [4.78, 5) is 10.1. The molecule has 3 nitrogen and oxygen atoms in total. The van der Waals surface area contributed by atoms with Gasteiger partial charge >= 0.3 is 5.97 Å². The second-order valence-electron chi connectivity index (χ2n) is 7.48. The highest BCUT2D eigenvalue weighted by atomic mass is 16.4. The Bertz CT molecular complexity index is 487. The van der Waals surface area contributed by atoms with Gasteiger partial charge in [0.25, 0.3) is 0 Å². The summed E-state index contributed by atoms with van der Waals surface area (Å²) in [5.41, 5.74) is 10.4. The third kappa shape index (κ3) is 7.08. The van der Waals surface area contributed by atoms with E-state index in [0.29, 0.717) is 6.42 Å². The SMILES string of the molecule is CC(C)(C)CCCC(=O)O.CC(N)c1ccc2c(c1)CCC2. The Morgan fingerprint density at radius 3 is 2.45 bits per heavy atom. The van der Waals surface area contributed by atoms with Crippen molar-refractivity contribution in [3.63, 3.8) is 0 Å². The lowest BCUT2D eigenvalue weighted by Gasteiger charge is -2.16. The third-order valence-electron chi connectivity index (χ3n) is 3.97. The van der Waals surface area contributed by atoms with E-state index in [1.165, 1.54) is 36.0 Å². The van der Waals surface area contributed by atoms with Gasteiger partial charge in [0.05, 0.1) is 0 Å². The lowest BCUT2D eigenvalue weighted by Crippen LogP contribution is -2.05. The first-order valence-electron chi connectivity index (χ1n) is 8.28. The average molecular weight is 305 g/mol. The molecule has 0 heterocycles. The van der Waals surface area contributed by atoms with E-state index in [1.807, 2.05) is 6.92 Å². The molecule has 3 heteroatoms. The van der Waals surface area contributed by atoms with E-state index in [1.54, 1.807) is 0 Å². The van der Waals surface area contributed by atoms with Gasteiger partial charge in [0.2, 0.25) is 0 Å². The van der Waals surface area contributed by atoms with Crippen molar-refractivity contribution in [1.29, 1.82) is 0 Å². The van der Waals surface area contributed by atoms with E-state index in [-0.39, 0.29) is 11.5 Å². The Labute approximate surface area is 134 Å². The topological polar surface area (TPSA) is 63.3 Å². The molecule has 22 heavy (non-hydrogen) atoms. The van der Waals surface area contributed by atoms with Crippen LogP contribution in [0, 0.1) is 5.41 Å². The molecule has 1 aromatic carbocycles. The van der Waals surface area contributed by atoms with Crippen molar-refractivity contribution in [2.75, 3.05) is 0 Å². The summed E-state index contributed by atoms with van der Waals surface area (Å²) >= 11 is 0. The fourth-order valence-electron chi connectivity index (χ4n) is 2.64. The monoisotopic (exact) mass is 305 g/mol. The van der Waals surface area contributed by atoms with E-state index in [0.717, 1.165) is 12.8 Å². The predicted molar refractivity (Wildman–Crippen MR) is 92.0 cm³/mol. The molecule has 2 rings (SSSR count). The molecule has 0 spiro atoms. The number of carbonyl (C=O) groups is 1. The van der Waals surface area contributed by atoms with Crippen LogP contribution in [0.2, 0.25) is 0 Å². The molecule has 124 valence electrons. The van der Waals surface area contributed by atoms with Gasteiger partial charge in [-0.25, -0.2) is 0 Å². The van der Waals surface area contributed by atoms with Gasteiger partial charge in [-0.05, 0) is 61.1 Å². The number of benzene rings is 1. The van der Waals surface area contributed by atoms with Crippen molar-refractivity contribution in [3.05, 3.63) is 34.9 Å². The molecule has 1 aromatic rings. The summed E-state index contributed by atoms with van der Waals surface area (Å²) in [6.07, 6.45) is 5.90. The minimum absolute atomic E-state index is 0.177. The Hall–Kier alpha value is -1.35. The van der Waals surface area contributed by atoms with Crippen LogP contribution in [0.5, 0.6) is 0 Å². The van der Waals surface area contributed by atoms with Crippen LogP contribution in [0.15, 0.2) is 18.2 Å². The van der Waals surface area contributed by atoms with Crippen molar-refractivity contribution in [2.45, 2.75) is 72.3 Å². The highest BCUT2D eigenvalue weighted by Gasteiger charge is 2.11. The van der Waals surface area contributed by atoms with Crippen molar-refractivity contribution in [1.82, 2.24) is 0 Å². The van der Waals surface area contributed by atoms with E-state index in [9.17, 15) is 4.79 Å². The van der Waals surface area contributed by atoms with Crippen LogP contribution < -0.4 is 5.73 Å². The van der Waals surface area contributed by atoms with Gasteiger partial charge in [-0.2, -0.15) is 0 Å². The van der Waals surface area contributed by atoms with Crippen molar-refractivity contribution in [2.24, 2.45) is 11.1 Å². The van der Waals surface area contributed by atoms with E-state index in [2.05, 4.69) is 39.0 Å². The maximum atomic E-state index is 10.1. The number of aryl methyl sites for hydroxylation is 2. The summed E-state index contributed by atoms with van der Waals surface area (Å²) in [6, 6.07) is 6.85. The number of fused-ring (bicyclic) bond motifs is 1. The van der Waals surface area contributed by atoms with Crippen LogP contribution in [0.25, 0.3) is 0 Å². The molecular weight excluding hydrogens is 274 g/mol. The molecule has 0 aromatic heterocycles. The van der Waals surface area contributed by atoms with Crippen LogP contribution in [0.3, 0.4) is 0 Å². The van der Waals surface area contributed by atoms with E-state index in [4.69, 9.17) is 10.8 Å². The zero-order valence-electron chi connectivity index (χ0n) is 14.5. The number of nitrogens with two attached hydrogens (primary N) is 1. The van der Waals surface area contributed by atoms with Gasteiger partial charge < -0.3 is 10.8 Å². The first kappa shape index (κ1) is 18.7. The van der Waals surface area contributed by atoms with Crippen molar-refractivity contribution < 1.29 is 9.90 Å². The molecule has 0 saturated heterocycles. The Balaban J connectivity index is 0.000000225. The van der Waals surface area contributed by atoms with Gasteiger partial charge in [-0.15, -0.1) is 0 Å². The molecule has 0 amide bonds. The highest BCUT2D eigenvalue weighted by molar-refractivity contribution is 5.66. The molecule has 0 aliphatic heterocycles. The van der Waals surface area contributed by atoms with Gasteiger partial charge in [0.1, 0.15) is 0 Å². The maximum absolute atomic E-state index is 10.1. The zero-order valence-corrected chi connectivity index (χ0v) is 14.5. The first-order chi connectivity index (χ1) is 10.2. The molecule has 1 aliphatic rings. The number of hydrogen-bond donors (Lipinski definition) is 2. The summed E-state index contributed by atoms with van der Waals surface area (Å²) < 4.78 is 0. The summed E-state index contributed by atoms with van der Waals surface area (Å²) in [5, 5.41) is 8.31. The Kier molecular flexibility index (Phi) is 7.08. The minimum Gasteiger partial charge on any atom is -0.481 e. The van der Waals surface area contributed by atoms with Crippen LogP contribution in [-0.2, 0) is 17.6 Å². The normalized spacial score (nSPS) is 14.8. The van der Waals surface area contributed by atoms with Crippen molar-refractivity contribution in [3.8, 4) is 0 Å². The predicted octanol–water partition coefficient (Wildman–Crippen LogP) is 4.48. The Morgan fingerprint density at radius 2 is 1.91 bits per heavy atom. The lowest BCUT2D eigenvalue weighted by atomic mass is 9.90. The molecule has 3 N–H and O–H groups in total. The summed E-state index contributed by atoms with van der Waals surface area (Å²) in [6.45, 7) is 8.40. The van der Waals surface area contributed by atoms with E-state index < -0.39 is 5.97 Å². The van der Waals surface area contributed by atoms with Crippen molar-refractivity contribution >= 4 is 5.97 Å². The van der Waals surface area contributed by atoms with Crippen LogP contribution in [0.1, 0.15) is 76.1 Å². The maximum Gasteiger partial charge on any atom is 0.303 e. The fourth-order valence-corrected chi connectivity index (χ4v) is 2.64. The van der Waals surface area contributed by atoms with Gasteiger partial charge in [0.15, 0.2) is 0 Å². The average Bonchev–Trinajstić information content (AvgIpc) is 2.84. The lowest BCUT2D eigenvalue weighted by molar-refractivity contribution is -0.137. The quantitative estimate of drug-likeness (QED) is 0.862. The molecule has 0 fully saturated rings. The summed E-state index contributed by atoms with van der Waals surface area (Å²) in [5.74, 6) is -0.691. The molecule has 0 saturated carbocycles. The smallest absolute Gasteiger partial charge is 0.303 e. The first-order valence-corrected chi connectivity index (χ1v) is 8.28. The standard InChI is InChI=1S/C11H15N.C8H16O2/c1-8(12)10-6-5-9-3-2-4-11(9)7-10;1-8(2,3)6-4-5-7(9)10/h5-8H,2-4,12H2,1H3;4-6H2,1-3H3,(H,9,10). The largest absolute Gasteiger partial charge is 0.481 e. The molecular formula is C19H31NO2. The molecule has 1 aliphatic carbocycles. The van der Waals surface area contributed by atoms with Crippen LogP contribution in [-0.4, -0.2) is 11.1 Å². The second-order valence-corrected chi connectivity index (χ2v) is 7.48. The molecule has 1 unspecified atom stereocenters. The third-order valence-corrected chi connectivity index (χ3v) is 3.97. The number of carboxylic acid groups (broad SMARTS) is 1. The van der Waals surface area contributed by atoms with Gasteiger partial charge in [0, 0.05) is 12.5 Å². The second kappa shape index (κ2) is 8.33. The van der Waals surface area contributed by atoms with Gasteiger partial charge in [-0.1, -0.05) is 39.0 Å². The highest BCUT2D eigenvalue weighted by Crippen LogP contribution is 2.24. The Morgan fingerprint density at radius 1 is 1.27 bits per heavy atom. The number of carboxylic acids is 1. The fraction of sp³-hybridized carbons (Fsp3) is 0.632. The van der Waals surface area contributed by atoms with E-state index >= 15 is 0 Å². The minimum atomic E-state index is -0.691. The number of aliphatic carboxylic acids is 1. The molecule has 0 radical (unpaired) electrons. The molecule has 0 bridgehead atoms. The number of hydrogen-bond acceptors (Lipinski definition) is 2.